The Morgan fingerprint density at radius 2 is 1.88 bits per heavy atom. The quantitative estimate of drug-likeness (QED) is 0.780. The highest BCUT2D eigenvalue weighted by Gasteiger charge is 2.15. The summed E-state index contributed by atoms with van der Waals surface area (Å²) in [6.45, 7) is 0.323. The van der Waals surface area contributed by atoms with Gasteiger partial charge in [-0.1, -0.05) is 17.3 Å². The summed E-state index contributed by atoms with van der Waals surface area (Å²) in [4.78, 5) is 16.1. The predicted molar refractivity (Wildman–Crippen MR) is 83.9 cm³/mol. The molecule has 1 amide bonds. The van der Waals surface area contributed by atoms with Gasteiger partial charge >= 0.3 is 0 Å². The lowest BCUT2D eigenvalue weighted by Crippen LogP contribution is -2.23. The molecule has 0 fully saturated rings. The van der Waals surface area contributed by atoms with Crippen LogP contribution in [0.1, 0.15) is 16.2 Å². The normalized spacial score (nSPS) is 10.4. The molecule has 0 aliphatic rings. The van der Waals surface area contributed by atoms with Gasteiger partial charge in [0.05, 0.1) is 7.11 Å². The van der Waals surface area contributed by atoms with Crippen LogP contribution in [0.2, 0.25) is 0 Å². The molecular weight excluding hydrogens is 313 g/mol. The van der Waals surface area contributed by atoms with E-state index in [1.54, 1.807) is 7.11 Å². The van der Waals surface area contributed by atoms with Gasteiger partial charge in [0.1, 0.15) is 11.6 Å². The van der Waals surface area contributed by atoms with Crippen LogP contribution < -0.4 is 10.1 Å². The van der Waals surface area contributed by atoms with Crippen molar-refractivity contribution in [2.24, 2.45) is 0 Å². The Hall–Kier alpha value is -3.22. The van der Waals surface area contributed by atoms with Gasteiger partial charge in [-0.2, -0.15) is 4.98 Å². The van der Waals surface area contributed by atoms with Crippen molar-refractivity contribution < 1.29 is 18.4 Å². The Kier molecular flexibility index (Phi) is 4.51. The third-order valence-electron chi connectivity index (χ3n) is 3.33. The summed E-state index contributed by atoms with van der Waals surface area (Å²) in [5, 5.41) is 6.34. The van der Waals surface area contributed by atoms with Gasteiger partial charge in [0.25, 0.3) is 17.6 Å². The third kappa shape index (κ3) is 3.57. The average Bonchev–Trinajstić information content (AvgIpc) is 3.11. The Bertz CT molecular complexity index is 829. The minimum atomic E-state index is -0.456. The Morgan fingerprint density at radius 1 is 1.17 bits per heavy atom. The van der Waals surface area contributed by atoms with Crippen LogP contribution in [0.25, 0.3) is 11.5 Å². The van der Waals surface area contributed by atoms with Gasteiger partial charge in [-0.05, 0) is 42.0 Å². The summed E-state index contributed by atoms with van der Waals surface area (Å²) < 4.78 is 23.0. The number of nitrogens with zero attached hydrogens (tertiary/aromatic N) is 2. The van der Waals surface area contributed by atoms with Gasteiger partial charge < -0.3 is 14.6 Å². The van der Waals surface area contributed by atoms with E-state index in [0.717, 1.165) is 11.3 Å². The monoisotopic (exact) mass is 327 g/mol. The average molecular weight is 327 g/mol. The number of halogens is 1. The number of nitrogens with one attached hydrogen (secondary N) is 1. The number of aromatic nitrogens is 2. The minimum Gasteiger partial charge on any atom is -0.497 e. The van der Waals surface area contributed by atoms with Crippen LogP contribution in [0.15, 0.2) is 53.1 Å². The number of rotatable bonds is 5. The van der Waals surface area contributed by atoms with E-state index in [4.69, 9.17) is 9.26 Å². The zero-order valence-corrected chi connectivity index (χ0v) is 12.8. The van der Waals surface area contributed by atoms with E-state index < -0.39 is 5.91 Å². The lowest BCUT2D eigenvalue weighted by Gasteiger charge is -2.04. The van der Waals surface area contributed by atoms with Crippen LogP contribution in [0, 0.1) is 5.82 Å². The molecule has 7 heteroatoms. The van der Waals surface area contributed by atoms with Gasteiger partial charge in [0, 0.05) is 12.1 Å². The SMILES string of the molecule is COc1ccc(CNC(=O)c2noc(-c3ccc(F)cc3)n2)cc1. The number of carbonyl (C=O) groups excluding carboxylic acids is 1. The van der Waals surface area contributed by atoms with Crippen molar-refractivity contribution in [2.45, 2.75) is 6.54 Å². The van der Waals surface area contributed by atoms with E-state index in [2.05, 4.69) is 15.5 Å². The minimum absolute atomic E-state index is 0.0807. The number of hydrogen-bond donors (Lipinski definition) is 1. The van der Waals surface area contributed by atoms with Crippen LogP contribution in [-0.2, 0) is 6.54 Å². The first-order chi connectivity index (χ1) is 11.7. The van der Waals surface area contributed by atoms with Crippen molar-refractivity contribution in [3.63, 3.8) is 0 Å². The molecule has 0 bridgehead atoms. The van der Waals surface area contributed by atoms with E-state index in [9.17, 15) is 9.18 Å². The number of amides is 1. The number of carbonyl (C=O) groups is 1. The summed E-state index contributed by atoms with van der Waals surface area (Å²) in [7, 11) is 1.59. The second-order valence-electron chi connectivity index (χ2n) is 4.96. The first-order valence-electron chi connectivity index (χ1n) is 7.16. The highest BCUT2D eigenvalue weighted by atomic mass is 19.1. The van der Waals surface area contributed by atoms with Crippen molar-refractivity contribution in [3.8, 4) is 17.2 Å². The maximum absolute atomic E-state index is 12.9. The first kappa shape index (κ1) is 15.7. The van der Waals surface area contributed by atoms with Crippen LogP contribution in [0.5, 0.6) is 5.75 Å². The number of benzene rings is 2. The molecule has 122 valence electrons. The number of hydrogen-bond acceptors (Lipinski definition) is 5. The van der Waals surface area contributed by atoms with Crippen molar-refractivity contribution >= 4 is 5.91 Å². The standard InChI is InChI=1S/C17H14FN3O3/c1-23-14-8-2-11(3-9-14)10-19-16(22)15-20-17(24-21-15)12-4-6-13(18)7-5-12/h2-9H,10H2,1H3,(H,19,22). The highest BCUT2D eigenvalue weighted by molar-refractivity contribution is 5.90. The fraction of sp³-hybridized carbons (Fsp3) is 0.118. The summed E-state index contributed by atoms with van der Waals surface area (Å²) in [6, 6.07) is 12.9. The molecule has 0 aliphatic carbocycles. The summed E-state index contributed by atoms with van der Waals surface area (Å²) in [6.07, 6.45) is 0. The van der Waals surface area contributed by atoms with Crippen LogP contribution in [0.3, 0.4) is 0 Å². The van der Waals surface area contributed by atoms with E-state index in [0.29, 0.717) is 12.1 Å². The highest BCUT2D eigenvalue weighted by Crippen LogP contribution is 2.17. The lowest BCUT2D eigenvalue weighted by molar-refractivity contribution is 0.0937. The molecule has 3 rings (SSSR count). The second kappa shape index (κ2) is 6.91. The lowest BCUT2D eigenvalue weighted by atomic mass is 10.2. The first-order valence-corrected chi connectivity index (χ1v) is 7.16. The largest absolute Gasteiger partial charge is 0.497 e. The Labute approximate surface area is 137 Å². The molecule has 0 aliphatic heterocycles. The number of methoxy groups -OCH3 is 1. The molecule has 2 aromatic carbocycles. The molecule has 0 saturated heterocycles. The second-order valence-corrected chi connectivity index (χ2v) is 4.96. The Balaban J connectivity index is 1.64. The molecule has 6 nitrogen and oxygen atoms in total. The van der Waals surface area contributed by atoms with Crippen LogP contribution >= 0.6 is 0 Å². The van der Waals surface area contributed by atoms with Crippen LogP contribution in [0.4, 0.5) is 4.39 Å². The Morgan fingerprint density at radius 3 is 2.54 bits per heavy atom. The van der Waals surface area contributed by atoms with Crippen molar-refractivity contribution in [2.75, 3.05) is 7.11 Å². The number of ether oxygens (including phenoxy) is 1. The molecule has 1 heterocycles. The van der Waals surface area contributed by atoms with Crippen LogP contribution in [-0.4, -0.2) is 23.2 Å². The molecule has 1 N–H and O–H groups in total. The van der Waals surface area contributed by atoms with E-state index in [1.807, 2.05) is 24.3 Å². The summed E-state index contributed by atoms with van der Waals surface area (Å²) in [5.41, 5.74) is 1.45. The maximum atomic E-state index is 12.9. The molecule has 0 spiro atoms. The van der Waals surface area contributed by atoms with Crippen molar-refractivity contribution in [3.05, 3.63) is 65.7 Å². The fourth-order valence-corrected chi connectivity index (χ4v) is 2.03. The predicted octanol–water partition coefficient (Wildman–Crippen LogP) is 2.81. The molecular formula is C17H14FN3O3. The fourth-order valence-electron chi connectivity index (χ4n) is 2.03. The zero-order valence-electron chi connectivity index (χ0n) is 12.8. The van der Waals surface area contributed by atoms with Crippen molar-refractivity contribution in [1.82, 2.24) is 15.5 Å². The molecule has 3 aromatic rings. The van der Waals surface area contributed by atoms with E-state index in [-0.39, 0.29) is 17.5 Å². The van der Waals surface area contributed by atoms with Gasteiger partial charge in [-0.25, -0.2) is 4.39 Å². The zero-order chi connectivity index (χ0) is 16.9. The third-order valence-corrected chi connectivity index (χ3v) is 3.33. The molecule has 0 radical (unpaired) electrons. The van der Waals surface area contributed by atoms with Crippen molar-refractivity contribution in [1.29, 1.82) is 0 Å². The summed E-state index contributed by atoms with van der Waals surface area (Å²) >= 11 is 0. The molecule has 1 aromatic heterocycles. The van der Waals surface area contributed by atoms with E-state index >= 15 is 0 Å². The van der Waals surface area contributed by atoms with Gasteiger partial charge in [0.15, 0.2) is 0 Å². The topological polar surface area (TPSA) is 77.2 Å². The molecule has 24 heavy (non-hydrogen) atoms. The maximum Gasteiger partial charge on any atom is 0.292 e. The molecule has 0 atom stereocenters. The van der Waals surface area contributed by atoms with Gasteiger partial charge in [-0.15, -0.1) is 0 Å². The molecule has 0 saturated carbocycles. The molecule has 0 unspecified atom stereocenters. The summed E-state index contributed by atoms with van der Waals surface area (Å²) in [5.74, 6) is -0.00160. The van der Waals surface area contributed by atoms with Gasteiger partial charge in [0.2, 0.25) is 0 Å². The van der Waals surface area contributed by atoms with Gasteiger partial charge in [-0.3, -0.25) is 4.79 Å². The van der Waals surface area contributed by atoms with E-state index in [1.165, 1.54) is 24.3 Å². The smallest absolute Gasteiger partial charge is 0.292 e.